The lowest BCUT2D eigenvalue weighted by atomic mass is 9.90. The van der Waals surface area contributed by atoms with Gasteiger partial charge < -0.3 is 20.6 Å². The van der Waals surface area contributed by atoms with Gasteiger partial charge in [-0.25, -0.2) is 4.79 Å². The van der Waals surface area contributed by atoms with Crippen molar-refractivity contribution in [3.05, 3.63) is 35.9 Å². The number of benzene rings is 1. The molecule has 2 rings (SSSR count). The number of hydrogen-bond acceptors (Lipinski definition) is 3. The fourth-order valence-electron chi connectivity index (χ4n) is 4.09. The van der Waals surface area contributed by atoms with Crippen molar-refractivity contribution < 1.29 is 14.7 Å². The number of likely N-dealkylation sites (tertiary alicyclic amines) is 1. The third kappa shape index (κ3) is 5.71. The van der Waals surface area contributed by atoms with Crippen LogP contribution < -0.4 is 10.6 Å². The van der Waals surface area contributed by atoms with E-state index in [-0.39, 0.29) is 30.1 Å². The van der Waals surface area contributed by atoms with Crippen LogP contribution >= 0.6 is 0 Å². The van der Waals surface area contributed by atoms with Gasteiger partial charge in [0.25, 0.3) is 0 Å². The molecule has 0 radical (unpaired) electrons. The number of urea groups is 1. The molecule has 1 aromatic rings. The number of carbonyl (C=O) groups excluding carboxylic acids is 1. The Morgan fingerprint density at radius 1 is 1.21 bits per heavy atom. The highest BCUT2D eigenvalue weighted by atomic mass is 16.4. The molecule has 156 valence electrons. The number of amides is 2. The SMILES string of the molecule is CCC(CC)(CNC(=O)N1CC(C)CC(C(=O)O)C1)NC(C)c1ccccc1. The van der Waals surface area contributed by atoms with Crippen LogP contribution in [0.1, 0.15) is 58.6 Å². The lowest BCUT2D eigenvalue weighted by Gasteiger charge is -2.39. The van der Waals surface area contributed by atoms with Gasteiger partial charge in [0, 0.05) is 31.2 Å². The number of carboxylic acids is 1. The third-order valence-electron chi connectivity index (χ3n) is 6.05. The van der Waals surface area contributed by atoms with Crippen LogP contribution in [0, 0.1) is 11.8 Å². The van der Waals surface area contributed by atoms with E-state index in [0.717, 1.165) is 12.8 Å². The number of nitrogens with one attached hydrogen (secondary N) is 2. The quantitative estimate of drug-likeness (QED) is 0.634. The summed E-state index contributed by atoms with van der Waals surface area (Å²) >= 11 is 0. The van der Waals surface area contributed by atoms with Crippen LogP contribution in [0.25, 0.3) is 0 Å². The Morgan fingerprint density at radius 2 is 1.86 bits per heavy atom. The molecule has 1 saturated heterocycles. The largest absolute Gasteiger partial charge is 0.481 e. The molecule has 1 aliphatic heterocycles. The summed E-state index contributed by atoms with van der Waals surface area (Å²) in [6.45, 7) is 9.80. The molecule has 1 aliphatic rings. The maximum absolute atomic E-state index is 12.7. The van der Waals surface area contributed by atoms with E-state index < -0.39 is 11.9 Å². The molecule has 0 saturated carbocycles. The van der Waals surface area contributed by atoms with Gasteiger partial charge in [-0.2, -0.15) is 0 Å². The van der Waals surface area contributed by atoms with Crippen LogP contribution in [0.5, 0.6) is 0 Å². The van der Waals surface area contributed by atoms with Crippen molar-refractivity contribution in [2.75, 3.05) is 19.6 Å². The summed E-state index contributed by atoms with van der Waals surface area (Å²) in [7, 11) is 0. The van der Waals surface area contributed by atoms with E-state index in [1.54, 1.807) is 4.90 Å². The van der Waals surface area contributed by atoms with Crippen molar-refractivity contribution in [1.82, 2.24) is 15.5 Å². The topological polar surface area (TPSA) is 81.7 Å². The molecule has 3 N–H and O–H groups in total. The number of rotatable bonds is 8. The van der Waals surface area contributed by atoms with Crippen molar-refractivity contribution in [1.29, 1.82) is 0 Å². The van der Waals surface area contributed by atoms with Crippen molar-refractivity contribution in [3.8, 4) is 0 Å². The molecule has 3 unspecified atom stereocenters. The van der Waals surface area contributed by atoms with Gasteiger partial charge in [-0.3, -0.25) is 4.79 Å². The number of carboxylic acid groups (broad SMARTS) is 1. The Bertz CT molecular complexity index is 646. The van der Waals surface area contributed by atoms with Crippen molar-refractivity contribution in [3.63, 3.8) is 0 Å². The van der Waals surface area contributed by atoms with E-state index in [9.17, 15) is 14.7 Å². The molecule has 1 heterocycles. The van der Waals surface area contributed by atoms with E-state index in [0.29, 0.717) is 19.5 Å². The first-order valence-corrected chi connectivity index (χ1v) is 10.4. The van der Waals surface area contributed by atoms with E-state index in [1.807, 2.05) is 25.1 Å². The van der Waals surface area contributed by atoms with E-state index in [4.69, 9.17) is 0 Å². The summed E-state index contributed by atoms with van der Waals surface area (Å²) in [6.07, 6.45) is 2.40. The predicted molar refractivity (Wildman–Crippen MR) is 111 cm³/mol. The molecule has 6 heteroatoms. The molecule has 0 aromatic heterocycles. The first kappa shape index (κ1) is 22.2. The summed E-state index contributed by atoms with van der Waals surface area (Å²) in [6, 6.07) is 10.3. The minimum Gasteiger partial charge on any atom is -0.481 e. The van der Waals surface area contributed by atoms with Crippen molar-refractivity contribution in [2.24, 2.45) is 11.8 Å². The highest BCUT2D eigenvalue weighted by Gasteiger charge is 2.33. The number of hydrogen-bond donors (Lipinski definition) is 3. The summed E-state index contributed by atoms with van der Waals surface area (Å²) in [5.74, 6) is -1.11. The molecule has 3 atom stereocenters. The van der Waals surface area contributed by atoms with Gasteiger partial charge in [0.05, 0.1) is 5.92 Å². The lowest BCUT2D eigenvalue weighted by molar-refractivity contribution is -0.143. The standard InChI is InChI=1S/C22H35N3O3/c1-5-22(6-2,24-17(4)18-10-8-7-9-11-18)15-23-21(28)25-13-16(3)12-19(14-25)20(26)27/h7-11,16-17,19,24H,5-6,12-15H2,1-4H3,(H,23,28)(H,26,27). The van der Waals surface area contributed by atoms with Crippen LogP contribution in [-0.2, 0) is 4.79 Å². The Labute approximate surface area is 168 Å². The minimum atomic E-state index is -0.820. The highest BCUT2D eigenvalue weighted by molar-refractivity contribution is 5.76. The molecule has 0 bridgehead atoms. The van der Waals surface area contributed by atoms with Gasteiger partial charge in [0.15, 0.2) is 0 Å². The predicted octanol–water partition coefficient (Wildman–Crippen LogP) is 3.65. The maximum Gasteiger partial charge on any atom is 0.317 e. The molecule has 6 nitrogen and oxygen atoms in total. The zero-order chi connectivity index (χ0) is 20.7. The van der Waals surface area contributed by atoms with Crippen LogP contribution in [0.2, 0.25) is 0 Å². The van der Waals surface area contributed by atoms with Crippen LogP contribution in [0.3, 0.4) is 0 Å². The normalized spacial score (nSPS) is 21.2. The van der Waals surface area contributed by atoms with Crippen LogP contribution in [0.15, 0.2) is 30.3 Å². The molecule has 1 fully saturated rings. The van der Waals surface area contributed by atoms with Gasteiger partial charge in [-0.1, -0.05) is 51.1 Å². The monoisotopic (exact) mass is 389 g/mol. The second kappa shape index (κ2) is 9.92. The summed E-state index contributed by atoms with van der Waals surface area (Å²) in [5.41, 5.74) is 1.01. The van der Waals surface area contributed by atoms with E-state index >= 15 is 0 Å². The molecular weight excluding hydrogens is 354 g/mol. The number of aliphatic carboxylic acids is 1. The Morgan fingerprint density at radius 3 is 2.43 bits per heavy atom. The smallest absolute Gasteiger partial charge is 0.317 e. The molecular formula is C22H35N3O3. The average molecular weight is 390 g/mol. The summed E-state index contributed by atoms with van der Waals surface area (Å²) in [4.78, 5) is 25.8. The average Bonchev–Trinajstić information content (AvgIpc) is 2.71. The first-order chi connectivity index (χ1) is 13.3. The third-order valence-corrected chi connectivity index (χ3v) is 6.05. The highest BCUT2D eigenvalue weighted by Crippen LogP contribution is 2.23. The number of nitrogens with zero attached hydrogens (tertiary/aromatic N) is 1. The van der Waals surface area contributed by atoms with Crippen molar-refractivity contribution >= 4 is 12.0 Å². The van der Waals surface area contributed by atoms with E-state index in [1.165, 1.54) is 5.56 Å². The van der Waals surface area contributed by atoms with Gasteiger partial charge in [0.2, 0.25) is 0 Å². The Kier molecular flexibility index (Phi) is 7.87. The van der Waals surface area contributed by atoms with Crippen LogP contribution in [0.4, 0.5) is 4.79 Å². The van der Waals surface area contributed by atoms with E-state index in [2.05, 4.69) is 43.5 Å². The molecule has 0 aliphatic carbocycles. The van der Waals surface area contributed by atoms with Gasteiger partial charge >= 0.3 is 12.0 Å². The maximum atomic E-state index is 12.7. The zero-order valence-electron chi connectivity index (χ0n) is 17.6. The molecule has 2 amide bonds. The fourth-order valence-corrected chi connectivity index (χ4v) is 4.09. The van der Waals surface area contributed by atoms with Gasteiger partial charge in [-0.05, 0) is 37.7 Å². The van der Waals surface area contributed by atoms with Crippen molar-refractivity contribution in [2.45, 2.75) is 58.5 Å². The van der Waals surface area contributed by atoms with Gasteiger partial charge in [0.1, 0.15) is 0 Å². The second-order valence-electron chi connectivity index (χ2n) is 8.20. The second-order valence-corrected chi connectivity index (χ2v) is 8.20. The molecule has 1 aromatic carbocycles. The minimum absolute atomic E-state index is 0.168. The molecule has 28 heavy (non-hydrogen) atoms. The lowest BCUT2D eigenvalue weighted by Crippen LogP contribution is -2.57. The Balaban J connectivity index is 1.99. The zero-order valence-corrected chi connectivity index (χ0v) is 17.6. The summed E-state index contributed by atoms with van der Waals surface area (Å²) < 4.78 is 0. The molecule has 0 spiro atoms. The first-order valence-electron chi connectivity index (χ1n) is 10.4. The van der Waals surface area contributed by atoms with Crippen LogP contribution in [-0.4, -0.2) is 47.2 Å². The van der Waals surface area contributed by atoms with Gasteiger partial charge in [-0.15, -0.1) is 0 Å². The number of piperidine rings is 1. The Hall–Kier alpha value is -2.08. The summed E-state index contributed by atoms with van der Waals surface area (Å²) in [5, 5.41) is 16.1. The fraction of sp³-hybridized carbons (Fsp3) is 0.636. The number of carbonyl (C=O) groups is 2.